The van der Waals surface area contributed by atoms with Crippen molar-refractivity contribution in [3.63, 3.8) is 0 Å². The van der Waals surface area contributed by atoms with E-state index in [1.165, 1.54) is 19.3 Å². The number of unbranched alkanes of at least 4 members (excludes halogenated alkanes) is 2. The second kappa shape index (κ2) is 4.24. The number of rotatable bonds is 4. The highest BCUT2D eigenvalue weighted by atomic mass is 16.5. The minimum Gasteiger partial charge on any atom is -0.361 e. The van der Waals surface area contributed by atoms with E-state index >= 15 is 0 Å². The maximum atomic E-state index is 5.60. The van der Waals surface area contributed by atoms with Crippen LogP contribution in [0.3, 0.4) is 0 Å². The summed E-state index contributed by atoms with van der Waals surface area (Å²) in [6.45, 7) is 7.45. The Morgan fingerprint density at radius 3 is 2.67 bits per heavy atom. The molecule has 1 fully saturated rings. The lowest BCUT2D eigenvalue weighted by Gasteiger charge is -2.16. The van der Waals surface area contributed by atoms with E-state index in [9.17, 15) is 0 Å². The first-order valence-corrected chi connectivity index (χ1v) is 5.03. The summed E-state index contributed by atoms with van der Waals surface area (Å²) in [4.78, 5) is 0. The Hall–Kier alpha value is -0.0800. The molecule has 0 aromatic heterocycles. The van der Waals surface area contributed by atoms with Crippen molar-refractivity contribution < 1.29 is 4.74 Å². The molecular weight excluding hydrogens is 150 g/mol. The lowest BCUT2D eigenvalue weighted by Crippen LogP contribution is -2.38. The first-order chi connectivity index (χ1) is 5.64. The van der Waals surface area contributed by atoms with E-state index in [1.54, 1.807) is 0 Å². The Balaban J connectivity index is 2.11. The third-order valence-electron chi connectivity index (χ3n) is 2.27. The molecule has 0 bridgehead atoms. The molecule has 1 atom stereocenters. The molecule has 2 heteroatoms. The molecule has 0 aliphatic carbocycles. The SMILES string of the molecule is CCCCCC1NC(C)(C)CO1. The fraction of sp³-hybridized carbons (Fsp3) is 1.00. The van der Waals surface area contributed by atoms with E-state index in [-0.39, 0.29) is 5.54 Å². The van der Waals surface area contributed by atoms with Crippen LogP contribution in [-0.2, 0) is 4.74 Å². The Morgan fingerprint density at radius 1 is 1.42 bits per heavy atom. The molecule has 1 saturated heterocycles. The van der Waals surface area contributed by atoms with Crippen LogP contribution in [0.2, 0.25) is 0 Å². The van der Waals surface area contributed by atoms with Crippen LogP contribution >= 0.6 is 0 Å². The summed E-state index contributed by atoms with van der Waals surface area (Å²) in [5.41, 5.74) is 0.191. The maximum Gasteiger partial charge on any atom is 0.108 e. The van der Waals surface area contributed by atoms with Crippen molar-refractivity contribution in [2.24, 2.45) is 0 Å². The molecule has 1 N–H and O–H groups in total. The third kappa shape index (κ3) is 3.11. The Morgan fingerprint density at radius 2 is 2.17 bits per heavy atom. The van der Waals surface area contributed by atoms with Crippen molar-refractivity contribution in [1.29, 1.82) is 0 Å². The number of hydrogen-bond donors (Lipinski definition) is 1. The molecule has 1 aliphatic rings. The lowest BCUT2D eigenvalue weighted by atomic mass is 10.1. The number of hydrogen-bond acceptors (Lipinski definition) is 2. The van der Waals surface area contributed by atoms with Gasteiger partial charge in [-0.05, 0) is 26.7 Å². The fourth-order valence-electron chi connectivity index (χ4n) is 1.56. The monoisotopic (exact) mass is 171 g/mol. The van der Waals surface area contributed by atoms with Gasteiger partial charge in [0.2, 0.25) is 0 Å². The van der Waals surface area contributed by atoms with Crippen LogP contribution in [0.15, 0.2) is 0 Å². The van der Waals surface area contributed by atoms with E-state index in [0.717, 1.165) is 13.0 Å². The highest BCUT2D eigenvalue weighted by molar-refractivity contribution is 4.84. The zero-order valence-electron chi connectivity index (χ0n) is 8.52. The molecule has 1 heterocycles. The standard InChI is InChI=1S/C10H21NO/c1-4-5-6-7-9-11-10(2,3)8-12-9/h9,11H,4-8H2,1-3H3. The molecule has 72 valence electrons. The molecule has 1 unspecified atom stereocenters. The van der Waals surface area contributed by atoms with Gasteiger partial charge in [-0.2, -0.15) is 0 Å². The van der Waals surface area contributed by atoms with E-state index in [2.05, 4.69) is 26.1 Å². The minimum absolute atomic E-state index is 0.191. The second-order valence-electron chi connectivity index (χ2n) is 4.32. The highest BCUT2D eigenvalue weighted by Crippen LogP contribution is 2.17. The Bertz CT molecular complexity index is 134. The summed E-state index contributed by atoms with van der Waals surface area (Å²) in [5.74, 6) is 0. The van der Waals surface area contributed by atoms with E-state index in [4.69, 9.17) is 4.74 Å². The Labute approximate surface area is 75.7 Å². The van der Waals surface area contributed by atoms with E-state index < -0.39 is 0 Å². The average Bonchev–Trinajstić information content (AvgIpc) is 2.31. The molecule has 0 spiro atoms. The topological polar surface area (TPSA) is 21.3 Å². The van der Waals surface area contributed by atoms with Gasteiger partial charge < -0.3 is 4.74 Å². The summed E-state index contributed by atoms with van der Waals surface area (Å²) in [6, 6.07) is 0. The van der Waals surface area contributed by atoms with Gasteiger partial charge in [-0.3, -0.25) is 5.32 Å². The van der Waals surface area contributed by atoms with Crippen LogP contribution < -0.4 is 5.32 Å². The first kappa shape index (κ1) is 10.0. The molecule has 0 amide bonds. The van der Waals surface area contributed by atoms with Gasteiger partial charge >= 0.3 is 0 Å². The molecular formula is C10H21NO. The maximum absolute atomic E-state index is 5.60. The van der Waals surface area contributed by atoms with Crippen LogP contribution in [0, 0.1) is 0 Å². The zero-order valence-corrected chi connectivity index (χ0v) is 8.52. The van der Waals surface area contributed by atoms with Crippen molar-refractivity contribution in [3.8, 4) is 0 Å². The van der Waals surface area contributed by atoms with E-state index in [1.807, 2.05) is 0 Å². The van der Waals surface area contributed by atoms with Crippen molar-refractivity contribution in [1.82, 2.24) is 5.32 Å². The predicted molar refractivity (Wildman–Crippen MR) is 51.1 cm³/mol. The molecule has 0 saturated carbocycles. The third-order valence-corrected chi connectivity index (χ3v) is 2.27. The fourth-order valence-corrected chi connectivity index (χ4v) is 1.56. The first-order valence-electron chi connectivity index (χ1n) is 5.03. The smallest absolute Gasteiger partial charge is 0.108 e. The summed E-state index contributed by atoms with van der Waals surface area (Å²) in [5, 5.41) is 3.47. The molecule has 0 radical (unpaired) electrons. The van der Waals surface area contributed by atoms with Gasteiger partial charge in [0.05, 0.1) is 6.61 Å². The molecule has 1 aliphatic heterocycles. The van der Waals surface area contributed by atoms with E-state index in [0.29, 0.717) is 6.23 Å². The van der Waals surface area contributed by atoms with Crippen molar-refractivity contribution >= 4 is 0 Å². The highest BCUT2D eigenvalue weighted by Gasteiger charge is 2.29. The van der Waals surface area contributed by atoms with Gasteiger partial charge in [0, 0.05) is 5.54 Å². The van der Waals surface area contributed by atoms with Gasteiger partial charge in [-0.15, -0.1) is 0 Å². The van der Waals surface area contributed by atoms with Gasteiger partial charge in [-0.1, -0.05) is 19.8 Å². The number of nitrogens with one attached hydrogen (secondary N) is 1. The van der Waals surface area contributed by atoms with Crippen LogP contribution in [0.25, 0.3) is 0 Å². The summed E-state index contributed by atoms with van der Waals surface area (Å²) in [7, 11) is 0. The molecule has 12 heavy (non-hydrogen) atoms. The Kier molecular flexibility index (Phi) is 3.53. The van der Waals surface area contributed by atoms with Crippen molar-refractivity contribution in [3.05, 3.63) is 0 Å². The largest absolute Gasteiger partial charge is 0.361 e. The van der Waals surface area contributed by atoms with Crippen LogP contribution in [0.5, 0.6) is 0 Å². The second-order valence-corrected chi connectivity index (χ2v) is 4.32. The average molecular weight is 171 g/mol. The minimum atomic E-state index is 0.191. The van der Waals surface area contributed by atoms with Crippen LogP contribution in [0.4, 0.5) is 0 Å². The molecule has 1 rings (SSSR count). The molecule has 0 aromatic rings. The van der Waals surface area contributed by atoms with Crippen LogP contribution in [0.1, 0.15) is 46.5 Å². The summed E-state index contributed by atoms with van der Waals surface area (Å²) in [6.07, 6.45) is 5.37. The van der Waals surface area contributed by atoms with Crippen molar-refractivity contribution in [2.75, 3.05) is 6.61 Å². The zero-order chi connectivity index (χ0) is 9.03. The van der Waals surface area contributed by atoms with Crippen molar-refractivity contribution in [2.45, 2.75) is 58.2 Å². The predicted octanol–water partition coefficient (Wildman–Crippen LogP) is 2.29. The van der Waals surface area contributed by atoms with Gasteiger partial charge in [0.1, 0.15) is 6.23 Å². The number of ether oxygens (including phenoxy) is 1. The summed E-state index contributed by atoms with van der Waals surface area (Å²) >= 11 is 0. The quantitative estimate of drug-likeness (QED) is 0.655. The van der Waals surface area contributed by atoms with Crippen LogP contribution in [-0.4, -0.2) is 18.4 Å². The normalized spacial score (nSPS) is 27.8. The molecule has 2 nitrogen and oxygen atoms in total. The van der Waals surface area contributed by atoms with Gasteiger partial charge in [0.15, 0.2) is 0 Å². The van der Waals surface area contributed by atoms with Gasteiger partial charge in [-0.25, -0.2) is 0 Å². The summed E-state index contributed by atoms with van der Waals surface area (Å²) < 4.78 is 5.60. The lowest BCUT2D eigenvalue weighted by molar-refractivity contribution is 0.0896. The van der Waals surface area contributed by atoms with Gasteiger partial charge in [0.25, 0.3) is 0 Å². The molecule has 0 aromatic carbocycles.